The van der Waals surface area contributed by atoms with Gasteiger partial charge in [-0.3, -0.25) is 0 Å². The maximum absolute atomic E-state index is 11.7. The van der Waals surface area contributed by atoms with Gasteiger partial charge < -0.3 is 20.0 Å². The lowest BCUT2D eigenvalue weighted by atomic mass is 10.4. The molecular formula is C9H20N2O3. The van der Waals surface area contributed by atoms with E-state index in [1.54, 1.807) is 4.90 Å². The standard InChI is InChI=1S/C9H20N2O3/c1-3-10(4-2)9(14)11(5-7-12)6-8-13/h12-13H,3-8H2,1-2H3. The molecule has 0 heterocycles. The molecule has 0 aliphatic heterocycles. The number of rotatable bonds is 6. The molecule has 0 saturated heterocycles. The lowest BCUT2D eigenvalue weighted by Crippen LogP contribution is -2.45. The molecule has 2 amide bonds. The molecule has 0 aromatic heterocycles. The normalized spacial score (nSPS) is 10.0. The summed E-state index contributed by atoms with van der Waals surface area (Å²) >= 11 is 0. The van der Waals surface area contributed by atoms with Gasteiger partial charge >= 0.3 is 6.03 Å². The van der Waals surface area contributed by atoms with Crippen LogP contribution in [-0.4, -0.2) is 65.4 Å². The largest absolute Gasteiger partial charge is 0.395 e. The number of aliphatic hydroxyl groups is 2. The molecule has 0 aromatic rings. The van der Waals surface area contributed by atoms with E-state index in [1.165, 1.54) is 4.90 Å². The SMILES string of the molecule is CCN(CC)C(=O)N(CCO)CCO. The molecule has 0 radical (unpaired) electrons. The molecule has 2 N–H and O–H groups in total. The summed E-state index contributed by atoms with van der Waals surface area (Å²) in [5, 5.41) is 17.5. The molecule has 0 saturated carbocycles. The van der Waals surface area contributed by atoms with Gasteiger partial charge in [-0.25, -0.2) is 4.79 Å². The highest BCUT2D eigenvalue weighted by Crippen LogP contribution is 1.98. The Hall–Kier alpha value is -0.810. The summed E-state index contributed by atoms with van der Waals surface area (Å²) in [6.07, 6.45) is 0. The van der Waals surface area contributed by atoms with Gasteiger partial charge in [0, 0.05) is 26.2 Å². The van der Waals surface area contributed by atoms with Crippen molar-refractivity contribution in [2.24, 2.45) is 0 Å². The third kappa shape index (κ3) is 3.93. The van der Waals surface area contributed by atoms with Crippen LogP contribution in [0.3, 0.4) is 0 Å². The van der Waals surface area contributed by atoms with Crippen molar-refractivity contribution in [3.63, 3.8) is 0 Å². The van der Waals surface area contributed by atoms with E-state index in [2.05, 4.69) is 0 Å². The molecule has 0 bridgehead atoms. The van der Waals surface area contributed by atoms with E-state index in [1.807, 2.05) is 13.8 Å². The molecule has 0 aromatic carbocycles. The lowest BCUT2D eigenvalue weighted by Gasteiger charge is -2.28. The van der Waals surface area contributed by atoms with Gasteiger partial charge in [-0.15, -0.1) is 0 Å². The molecule has 0 fully saturated rings. The first-order valence-corrected chi connectivity index (χ1v) is 4.96. The Bertz CT molecular complexity index is 154. The van der Waals surface area contributed by atoms with E-state index in [0.29, 0.717) is 13.1 Å². The zero-order valence-electron chi connectivity index (χ0n) is 8.94. The van der Waals surface area contributed by atoms with Crippen LogP contribution in [0.1, 0.15) is 13.8 Å². The Morgan fingerprint density at radius 3 is 1.71 bits per heavy atom. The van der Waals surface area contributed by atoms with Gasteiger partial charge in [-0.1, -0.05) is 0 Å². The first-order valence-electron chi connectivity index (χ1n) is 4.96. The van der Waals surface area contributed by atoms with E-state index in [4.69, 9.17) is 10.2 Å². The van der Waals surface area contributed by atoms with Crippen molar-refractivity contribution >= 4 is 6.03 Å². The predicted molar refractivity (Wildman–Crippen MR) is 54.1 cm³/mol. The summed E-state index contributed by atoms with van der Waals surface area (Å²) in [6.45, 7) is 5.48. The van der Waals surface area contributed by atoms with Crippen LogP contribution in [0, 0.1) is 0 Å². The molecule has 0 rings (SSSR count). The number of urea groups is 1. The third-order valence-electron chi connectivity index (χ3n) is 2.04. The van der Waals surface area contributed by atoms with Crippen LogP contribution in [0.25, 0.3) is 0 Å². The minimum absolute atomic E-state index is 0.0764. The molecule has 5 nitrogen and oxygen atoms in total. The highest BCUT2D eigenvalue weighted by molar-refractivity contribution is 5.74. The monoisotopic (exact) mass is 204 g/mol. The highest BCUT2D eigenvalue weighted by Gasteiger charge is 2.16. The van der Waals surface area contributed by atoms with Crippen LogP contribution in [0.5, 0.6) is 0 Å². The van der Waals surface area contributed by atoms with Crippen LogP contribution in [0.2, 0.25) is 0 Å². The molecule has 0 aliphatic rings. The van der Waals surface area contributed by atoms with E-state index in [9.17, 15) is 4.79 Å². The zero-order chi connectivity index (χ0) is 11.0. The summed E-state index contributed by atoms with van der Waals surface area (Å²) in [5.41, 5.74) is 0. The second kappa shape index (κ2) is 7.58. The van der Waals surface area contributed by atoms with Crippen molar-refractivity contribution in [2.75, 3.05) is 39.4 Å². The Labute approximate surface area is 84.9 Å². The van der Waals surface area contributed by atoms with Gasteiger partial charge in [0.1, 0.15) is 0 Å². The Morgan fingerprint density at radius 1 is 1.00 bits per heavy atom. The molecule has 5 heteroatoms. The highest BCUT2D eigenvalue weighted by atomic mass is 16.3. The Morgan fingerprint density at radius 2 is 1.43 bits per heavy atom. The number of carbonyl (C=O) groups is 1. The molecule has 0 atom stereocenters. The molecule has 14 heavy (non-hydrogen) atoms. The van der Waals surface area contributed by atoms with Crippen LogP contribution in [0.15, 0.2) is 0 Å². The average molecular weight is 204 g/mol. The van der Waals surface area contributed by atoms with Crippen LogP contribution in [0.4, 0.5) is 4.79 Å². The van der Waals surface area contributed by atoms with Gasteiger partial charge in [-0.05, 0) is 13.8 Å². The fourth-order valence-electron chi connectivity index (χ4n) is 1.24. The molecule has 0 aliphatic carbocycles. The van der Waals surface area contributed by atoms with E-state index < -0.39 is 0 Å². The van der Waals surface area contributed by atoms with E-state index in [-0.39, 0.29) is 32.3 Å². The average Bonchev–Trinajstić information content (AvgIpc) is 2.19. The molecular weight excluding hydrogens is 184 g/mol. The number of amides is 2. The number of hydrogen-bond acceptors (Lipinski definition) is 3. The maximum Gasteiger partial charge on any atom is 0.320 e. The summed E-state index contributed by atoms with van der Waals surface area (Å²) in [5.74, 6) is 0. The molecule has 0 spiro atoms. The fraction of sp³-hybridized carbons (Fsp3) is 0.889. The number of aliphatic hydroxyl groups excluding tert-OH is 2. The van der Waals surface area contributed by atoms with Crippen LogP contribution < -0.4 is 0 Å². The van der Waals surface area contributed by atoms with Gasteiger partial charge in [0.2, 0.25) is 0 Å². The fourth-order valence-corrected chi connectivity index (χ4v) is 1.24. The molecule has 84 valence electrons. The van der Waals surface area contributed by atoms with Crippen molar-refractivity contribution < 1.29 is 15.0 Å². The predicted octanol–water partition coefficient (Wildman–Crippen LogP) is -0.265. The van der Waals surface area contributed by atoms with Crippen molar-refractivity contribution in [1.82, 2.24) is 9.80 Å². The van der Waals surface area contributed by atoms with Gasteiger partial charge in [-0.2, -0.15) is 0 Å². The van der Waals surface area contributed by atoms with Crippen molar-refractivity contribution in [1.29, 1.82) is 0 Å². The number of hydrogen-bond donors (Lipinski definition) is 2. The minimum atomic E-state index is -0.127. The van der Waals surface area contributed by atoms with Crippen LogP contribution in [-0.2, 0) is 0 Å². The molecule has 0 unspecified atom stereocenters. The smallest absolute Gasteiger partial charge is 0.320 e. The van der Waals surface area contributed by atoms with Crippen molar-refractivity contribution in [3.05, 3.63) is 0 Å². The van der Waals surface area contributed by atoms with Gasteiger partial charge in [0.15, 0.2) is 0 Å². The maximum atomic E-state index is 11.7. The van der Waals surface area contributed by atoms with Crippen LogP contribution >= 0.6 is 0 Å². The van der Waals surface area contributed by atoms with Gasteiger partial charge in [0.05, 0.1) is 13.2 Å². The van der Waals surface area contributed by atoms with E-state index in [0.717, 1.165) is 0 Å². The number of carbonyl (C=O) groups excluding carboxylic acids is 1. The second-order valence-corrected chi connectivity index (χ2v) is 2.89. The zero-order valence-corrected chi connectivity index (χ0v) is 8.94. The summed E-state index contributed by atoms with van der Waals surface area (Å²) in [6, 6.07) is -0.127. The Balaban J connectivity index is 4.24. The van der Waals surface area contributed by atoms with Crippen molar-refractivity contribution in [2.45, 2.75) is 13.8 Å². The third-order valence-corrected chi connectivity index (χ3v) is 2.04. The quantitative estimate of drug-likeness (QED) is 0.626. The number of nitrogens with zero attached hydrogens (tertiary/aromatic N) is 2. The minimum Gasteiger partial charge on any atom is -0.395 e. The lowest BCUT2D eigenvalue weighted by molar-refractivity contribution is 0.130. The second-order valence-electron chi connectivity index (χ2n) is 2.89. The summed E-state index contributed by atoms with van der Waals surface area (Å²) in [7, 11) is 0. The van der Waals surface area contributed by atoms with Gasteiger partial charge in [0.25, 0.3) is 0 Å². The van der Waals surface area contributed by atoms with Crippen molar-refractivity contribution in [3.8, 4) is 0 Å². The first kappa shape index (κ1) is 13.2. The topological polar surface area (TPSA) is 64.0 Å². The summed E-state index contributed by atoms with van der Waals surface area (Å²) in [4.78, 5) is 14.8. The van der Waals surface area contributed by atoms with E-state index >= 15 is 0 Å². The Kier molecular flexibility index (Phi) is 7.14. The summed E-state index contributed by atoms with van der Waals surface area (Å²) < 4.78 is 0. The first-order chi connectivity index (χ1) is 6.71.